The molecule has 1 amide bonds. The lowest BCUT2D eigenvalue weighted by atomic mass is 10.2. The number of methoxy groups -OCH3 is 1. The van der Waals surface area contributed by atoms with Crippen LogP contribution in [0.5, 0.6) is 5.75 Å². The number of halogens is 1. The number of carbonyl (C=O) groups excluding carboxylic acids is 1. The van der Waals surface area contributed by atoms with E-state index >= 15 is 0 Å². The molecule has 0 spiro atoms. The Kier molecular flexibility index (Phi) is 3.53. The molecule has 0 bridgehead atoms. The number of hydrogen-bond acceptors (Lipinski definition) is 3. The molecule has 1 aromatic heterocycles. The summed E-state index contributed by atoms with van der Waals surface area (Å²) in [7, 11) is 1.52. The Balaban J connectivity index is 2.20. The zero-order valence-electron chi connectivity index (χ0n) is 9.95. The maximum absolute atomic E-state index is 11.9. The van der Waals surface area contributed by atoms with Crippen molar-refractivity contribution < 1.29 is 9.53 Å². The molecule has 1 aromatic carbocycles. The van der Waals surface area contributed by atoms with Crippen molar-refractivity contribution in [2.24, 2.45) is 0 Å². The number of amides is 1. The van der Waals surface area contributed by atoms with Gasteiger partial charge in [0.1, 0.15) is 5.75 Å². The van der Waals surface area contributed by atoms with Crippen molar-refractivity contribution in [2.45, 2.75) is 6.92 Å². The SMILES string of the molecule is COc1cc(NC(=O)c2cn[nH]c2C)ccc1Cl. The van der Waals surface area contributed by atoms with Crippen molar-refractivity contribution in [1.29, 1.82) is 0 Å². The van der Waals surface area contributed by atoms with Gasteiger partial charge in [0.2, 0.25) is 0 Å². The number of nitrogens with zero attached hydrogens (tertiary/aromatic N) is 1. The lowest BCUT2D eigenvalue weighted by Crippen LogP contribution is -2.12. The molecule has 1 heterocycles. The molecule has 0 aliphatic rings. The standard InChI is InChI=1S/C12H12ClN3O2/c1-7-9(6-14-16-7)12(17)15-8-3-4-10(13)11(5-8)18-2/h3-6H,1-2H3,(H,14,16)(H,15,17). The molecule has 0 saturated heterocycles. The molecule has 0 fully saturated rings. The van der Waals surface area contributed by atoms with Crippen molar-refractivity contribution in [3.8, 4) is 5.75 Å². The zero-order valence-corrected chi connectivity index (χ0v) is 10.7. The summed E-state index contributed by atoms with van der Waals surface area (Å²) in [6.45, 7) is 1.78. The van der Waals surface area contributed by atoms with Gasteiger partial charge in [0.25, 0.3) is 5.91 Å². The molecule has 0 radical (unpaired) electrons. The van der Waals surface area contributed by atoms with Crippen LogP contribution in [0.4, 0.5) is 5.69 Å². The summed E-state index contributed by atoms with van der Waals surface area (Å²) in [5, 5.41) is 9.76. The molecule has 2 rings (SSSR count). The number of rotatable bonds is 3. The molecular weight excluding hydrogens is 254 g/mol. The third kappa shape index (κ3) is 2.46. The molecule has 0 atom stereocenters. The number of nitrogens with one attached hydrogen (secondary N) is 2. The molecule has 0 unspecified atom stereocenters. The Bertz CT molecular complexity index is 580. The third-order valence-corrected chi connectivity index (χ3v) is 2.80. The van der Waals surface area contributed by atoms with Gasteiger partial charge in [0.05, 0.1) is 23.9 Å². The van der Waals surface area contributed by atoms with Crippen LogP contribution in [0.25, 0.3) is 0 Å². The Hall–Kier alpha value is -2.01. The van der Waals surface area contributed by atoms with E-state index in [1.165, 1.54) is 13.3 Å². The van der Waals surface area contributed by atoms with Crippen LogP contribution in [0.1, 0.15) is 16.1 Å². The summed E-state index contributed by atoms with van der Waals surface area (Å²) >= 11 is 5.90. The first-order chi connectivity index (χ1) is 8.61. The number of carbonyl (C=O) groups is 1. The van der Waals surface area contributed by atoms with Gasteiger partial charge < -0.3 is 10.1 Å². The van der Waals surface area contributed by atoms with E-state index in [0.717, 1.165) is 0 Å². The average Bonchev–Trinajstić information content (AvgIpc) is 2.78. The molecule has 5 nitrogen and oxygen atoms in total. The molecule has 0 aliphatic heterocycles. The molecule has 0 saturated carbocycles. The largest absolute Gasteiger partial charge is 0.495 e. The predicted molar refractivity (Wildman–Crippen MR) is 69.3 cm³/mol. The first-order valence-electron chi connectivity index (χ1n) is 5.26. The van der Waals surface area contributed by atoms with Gasteiger partial charge in [0, 0.05) is 17.4 Å². The van der Waals surface area contributed by atoms with Gasteiger partial charge in [-0.1, -0.05) is 11.6 Å². The van der Waals surface area contributed by atoms with Gasteiger partial charge in [-0.25, -0.2) is 0 Å². The van der Waals surface area contributed by atoms with Crippen LogP contribution in [-0.2, 0) is 0 Å². The summed E-state index contributed by atoms with van der Waals surface area (Å²) < 4.78 is 5.08. The van der Waals surface area contributed by atoms with E-state index < -0.39 is 0 Å². The summed E-state index contributed by atoms with van der Waals surface area (Å²) in [6.07, 6.45) is 1.48. The average molecular weight is 266 g/mol. The topological polar surface area (TPSA) is 67.0 Å². The van der Waals surface area contributed by atoms with Crippen molar-refractivity contribution in [3.05, 3.63) is 40.7 Å². The normalized spacial score (nSPS) is 10.2. The lowest BCUT2D eigenvalue weighted by molar-refractivity contribution is 0.102. The van der Waals surface area contributed by atoms with Crippen LogP contribution >= 0.6 is 11.6 Å². The third-order valence-electron chi connectivity index (χ3n) is 2.48. The Labute approximate surface area is 109 Å². The highest BCUT2D eigenvalue weighted by atomic mass is 35.5. The number of aromatic amines is 1. The van der Waals surface area contributed by atoms with Crippen molar-refractivity contribution in [2.75, 3.05) is 12.4 Å². The lowest BCUT2D eigenvalue weighted by Gasteiger charge is -2.07. The van der Waals surface area contributed by atoms with Gasteiger partial charge in [-0.05, 0) is 19.1 Å². The van der Waals surface area contributed by atoms with Gasteiger partial charge in [0.15, 0.2) is 0 Å². The minimum atomic E-state index is -0.231. The summed E-state index contributed by atoms with van der Waals surface area (Å²) in [5.41, 5.74) is 1.83. The fourth-order valence-electron chi connectivity index (χ4n) is 1.52. The van der Waals surface area contributed by atoms with E-state index in [4.69, 9.17) is 16.3 Å². The fourth-order valence-corrected chi connectivity index (χ4v) is 1.71. The summed E-state index contributed by atoms with van der Waals surface area (Å²) in [4.78, 5) is 11.9. The quantitative estimate of drug-likeness (QED) is 0.896. The number of ether oxygens (including phenoxy) is 1. The maximum atomic E-state index is 11.9. The van der Waals surface area contributed by atoms with E-state index in [-0.39, 0.29) is 5.91 Å². The zero-order chi connectivity index (χ0) is 13.1. The van der Waals surface area contributed by atoms with Crippen LogP contribution in [0.15, 0.2) is 24.4 Å². The number of benzene rings is 1. The Morgan fingerprint density at radius 3 is 2.89 bits per heavy atom. The van der Waals surface area contributed by atoms with Crippen molar-refractivity contribution >= 4 is 23.2 Å². The van der Waals surface area contributed by atoms with E-state index in [1.807, 2.05) is 0 Å². The van der Waals surface area contributed by atoms with Gasteiger partial charge >= 0.3 is 0 Å². The van der Waals surface area contributed by atoms with Crippen LogP contribution in [0.3, 0.4) is 0 Å². The minimum absolute atomic E-state index is 0.231. The number of anilines is 1. The van der Waals surface area contributed by atoms with Gasteiger partial charge in [-0.3, -0.25) is 9.89 Å². The molecule has 94 valence electrons. The second-order valence-electron chi connectivity index (χ2n) is 3.71. The smallest absolute Gasteiger partial charge is 0.259 e. The Morgan fingerprint density at radius 2 is 2.28 bits per heavy atom. The minimum Gasteiger partial charge on any atom is -0.495 e. The number of hydrogen-bond donors (Lipinski definition) is 2. The number of aryl methyl sites for hydroxylation is 1. The number of aromatic nitrogens is 2. The fraction of sp³-hybridized carbons (Fsp3) is 0.167. The predicted octanol–water partition coefficient (Wildman–Crippen LogP) is 2.63. The van der Waals surface area contributed by atoms with Crippen molar-refractivity contribution in [3.63, 3.8) is 0 Å². The highest BCUT2D eigenvalue weighted by molar-refractivity contribution is 6.32. The van der Waals surface area contributed by atoms with Crippen LogP contribution in [0.2, 0.25) is 5.02 Å². The summed E-state index contributed by atoms with van der Waals surface area (Å²) in [5.74, 6) is 0.281. The maximum Gasteiger partial charge on any atom is 0.259 e. The molecule has 18 heavy (non-hydrogen) atoms. The second kappa shape index (κ2) is 5.10. The molecular formula is C12H12ClN3O2. The van der Waals surface area contributed by atoms with Crippen LogP contribution < -0.4 is 10.1 Å². The summed E-state index contributed by atoms with van der Waals surface area (Å²) in [6, 6.07) is 5.03. The number of H-pyrrole nitrogens is 1. The molecule has 2 N–H and O–H groups in total. The van der Waals surface area contributed by atoms with E-state index in [2.05, 4.69) is 15.5 Å². The van der Waals surface area contributed by atoms with Crippen molar-refractivity contribution in [1.82, 2.24) is 10.2 Å². The van der Waals surface area contributed by atoms with E-state index in [0.29, 0.717) is 27.7 Å². The highest BCUT2D eigenvalue weighted by Gasteiger charge is 2.11. The van der Waals surface area contributed by atoms with E-state index in [9.17, 15) is 4.79 Å². The van der Waals surface area contributed by atoms with Crippen LogP contribution in [0, 0.1) is 6.92 Å². The van der Waals surface area contributed by atoms with Crippen LogP contribution in [-0.4, -0.2) is 23.2 Å². The highest BCUT2D eigenvalue weighted by Crippen LogP contribution is 2.27. The van der Waals surface area contributed by atoms with Gasteiger partial charge in [-0.2, -0.15) is 5.10 Å². The second-order valence-corrected chi connectivity index (χ2v) is 4.12. The molecule has 2 aromatic rings. The first kappa shape index (κ1) is 12.4. The molecule has 0 aliphatic carbocycles. The van der Waals surface area contributed by atoms with Gasteiger partial charge in [-0.15, -0.1) is 0 Å². The van der Waals surface area contributed by atoms with E-state index in [1.54, 1.807) is 25.1 Å². The first-order valence-corrected chi connectivity index (χ1v) is 5.64. The Morgan fingerprint density at radius 1 is 1.50 bits per heavy atom. The monoisotopic (exact) mass is 265 g/mol. The molecule has 6 heteroatoms.